The first-order valence-electron chi connectivity index (χ1n) is 3.19. The molecule has 0 bridgehead atoms. The summed E-state index contributed by atoms with van der Waals surface area (Å²) in [5.74, 6) is -3.36. The summed E-state index contributed by atoms with van der Waals surface area (Å²) < 4.78 is 14.1. The third kappa shape index (κ3) is 8.68. The van der Waals surface area contributed by atoms with Gasteiger partial charge in [0.15, 0.2) is 0 Å². The fourth-order valence-corrected chi connectivity index (χ4v) is 2.08. The van der Waals surface area contributed by atoms with Gasteiger partial charge < -0.3 is 0 Å². The molecule has 0 spiro atoms. The second-order valence-corrected chi connectivity index (χ2v) is 6.79. The van der Waals surface area contributed by atoms with Crippen molar-refractivity contribution in [2.75, 3.05) is 0 Å². The largest absolute Gasteiger partial charge is 0.364 e. The van der Waals surface area contributed by atoms with Gasteiger partial charge >= 0.3 is 6.00 Å². The Morgan fingerprint density at radius 3 is 2.45 bits per heavy atom. The number of hydrogen-bond donors (Lipinski definition) is 0. The second kappa shape index (κ2) is 5.42. The van der Waals surface area contributed by atoms with Crippen LogP contribution in [-0.2, 0) is 4.57 Å². The minimum Gasteiger partial charge on any atom is -0.262 e. The van der Waals surface area contributed by atoms with Crippen LogP contribution in [0.2, 0.25) is 0 Å². The van der Waals surface area contributed by atoms with E-state index in [-0.39, 0.29) is 5.17 Å². The van der Waals surface area contributed by atoms with E-state index in [1.807, 2.05) is 6.92 Å². The number of halogens is 3. The van der Waals surface area contributed by atoms with Crippen molar-refractivity contribution in [3.8, 4) is 0 Å². The van der Waals surface area contributed by atoms with Gasteiger partial charge in [0.1, 0.15) is 5.17 Å². The smallest absolute Gasteiger partial charge is 0.262 e. The molecule has 0 fully saturated rings. The fraction of sp³-hybridized carbons (Fsp3) is 0.800. The molecule has 0 saturated carbocycles. The van der Waals surface area contributed by atoms with Crippen LogP contribution in [0.3, 0.4) is 0 Å². The van der Waals surface area contributed by atoms with Crippen LogP contribution in [0, 0.1) is 0 Å². The molecule has 2 nitrogen and oxygen atoms in total. The summed E-state index contributed by atoms with van der Waals surface area (Å²) in [7, 11) is 0. The molecule has 0 aliphatic carbocycles. The Morgan fingerprint density at radius 1 is 1.55 bits per heavy atom. The van der Waals surface area contributed by atoms with Gasteiger partial charge in [-0.25, -0.2) is 0 Å². The number of rotatable bonds is 4. The Balaban J connectivity index is 3.91. The van der Waals surface area contributed by atoms with Crippen molar-refractivity contribution in [1.82, 2.24) is 0 Å². The van der Waals surface area contributed by atoms with Crippen molar-refractivity contribution in [2.45, 2.75) is 26.2 Å². The van der Waals surface area contributed by atoms with Crippen molar-refractivity contribution >= 4 is 45.3 Å². The lowest BCUT2D eigenvalue weighted by molar-refractivity contribution is 0.593. The van der Waals surface area contributed by atoms with E-state index < -0.39 is 6.00 Å². The van der Waals surface area contributed by atoms with Crippen LogP contribution in [0.25, 0.3) is 0 Å². The number of nitrogens with zero attached hydrogens (tertiary/aromatic N) is 1. The molecule has 0 aliphatic heterocycles. The van der Waals surface area contributed by atoms with Crippen molar-refractivity contribution in [1.29, 1.82) is 0 Å². The fourth-order valence-electron chi connectivity index (χ4n) is 0.499. The Morgan fingerprint density at radius 2 is 2.09 bits per heavy atom. The quantitative estimate of drug-likeness (QED) is 0.525. The van der Waals surface area contributed by atoms with Gasteiger partial charge in [0.25, 0.3) is 0 Å². The van der Waals surface area contributed by atoms with Crippen LogP contribution in [0.4, 0.5) is 0 Å². The van der Waals surface area contributed by atoms with Gasteiger partial charge in [0.2, 0.25) is 0 Å². The average Bonchev–Trinajstić information content (AvgIpc) is 1.79. The maximum Gasteiger partial charge on any atom is 0.364 e. The summed E-state index contributed by atoms with van der Waals surface area (Å²) in [6.45, 7) is 2.02. The predicted octanol–water partition coefficient (Wildman–Crippen LogP) is 4.40. The minimum atomic E-state index is -3.36. The Hall–Kier alpha value is 0.770. The average molecular weight is 236 g/mol. The lowest BCUT2D eigenvalue weighted by atomic mass is 10.3. The molecule has 0 aromatic rings. The summed E-state index contributed by atoms with van der Waals surface area (Å²) in [6.07, 6.45) is 2.48. The van der Waals surface area contributed by atoms with Crippen LogP contribution < -0.4 is 0 Å². The van der Waals surface area contributed by atoms with Gasteiger partial charge in [-0.2, -0.15) is 4.76 Å². The zero-order valence-electron chi connectivity index (χ0n) is 6.06. The molecule has 0 saturated heterocycles. The molecule has 66 valence electrons. The van der Waals surface area contributed by atoms with Gasteiger partial charge in [-0.1, -0.05) is 24.9 Å². The highest BCUT2D eigenvalue weighted by Gasteiger charge is 2.11. The maximum absolute atomic E-state index is 10.6. The Kier molecular flexibility index (Phi) is 5.80. The summed E-state index contributed by atoms with van der Waals surface area (Å²) in [5, 5.41) is 0.236. The molecule has 0 aromatic carbocycles. The minimum absolute atomic E-state index is 0.236. The van der Waals surface area contributed by atoms with E-state index in [1.165, 1.54) is 0 Å². The van der Waals surface area contributed by atoms with Crippen molar-refractivity contribution < 1.29 is 4.57 Å². The molecule has 0 radical (unpaired) electrons. The first kappa shape index (κ1) is 11.8. The Bertz CT molecular complexity index is 188. The molecule has 0 heterocycles. The lowest BCUT2D eigenvalue weighted by Crippen LogP contribution is -1.84. The molecule has 0 unspecified atom stereocenters. The van der Waals surface area contributed by atoms with E-state index in [1.54, 1.807) is 0 Å². The summed E-state index contributed by atoms with van der Waals surface area (Å²) in [6, 6.07) is 0. The van der Waals surface area contributed by atoms with Gasteiger partial charge in [-0.05, 0) is 28.9 Å². The molecule has 0 aliphatic rings. The summed E-state index contributed by atoms with van der Waals surface area (Å²) in [5.41, 5.74) is 0. The topological polar surface area (TPSA) is 29.4 Å². The van der Waals surface area contributed by atoms with E-state index in [0.717, 1.165) is 12.8 Å². The maximum atomic E-state index is 10.6. The van der Waals surface area contributed by atoms with Crippen molar-refractivity contribution in [3.63, 3.8) is 0 Å². The lowest BCUT2D eigenvalue weighted by Gasteiger charge is -1.96. The molecular formula is C5H9Cl3NOP. The molecular weight excluding hydrogens is 227 g/mol. The first-order valence-corrected chi connectivity index (χ1v) is 7.04. The summed E-state index contributed by atoms with van der Waals surface area (Å²) in [4.78, 5) is 0. The van der Waals surface area contributed by atoms with Crippen molar-refractivity contribution in [3.05, 3.63) is 0 Å². The predicted molar refractivity (Wildman–Crippen MR) is 52.1 cm³/mol. The first-order chi connectivity index (χ1) is 4.95. The van der Waals surface area contributed by atoms with Gasteiger partial charge in [-0.15, -0.1) is 0 Å². The van der Waals surface area contributed by atoms with Crippen LogP contribution in [0.5, 0.6) is 0 Å². The molecule has 0 atom stereocenters. The van der Waals surface area contributed by atoms with Crippen molar-refractivity contribution in [2.24, 2.45) is 4.76 Å². The van der Waals surface area contributed by atoms with Crippen LogP contribution in [0.15, 0.2) is 4.76 Å². The van der Waals surface area contributed by atoms with Gasteiger partial charge in [-0.3, -0.25) is 4.57 Å². The molecule has 0 N–H and O–H groups in total. The van der Waals surface area contributed by atoms with Crippen LogP contribution >= 0.6 is 40.1 Å². The second-order valence-electron chi connectivity index (χ2n) is 2.01. The number of hydrogen-bond acceptors (Lipinski definition) is 1. The number of unbranched alkanes of at least 4 members (excludes halogenated alkanes) is 1. The highest BCUT2D eigenvalue weighted by molar-refractivity contribution is 8.07. The molecule has 0 aromatic heterocycles. The molecule has 0 amide bonds. The third-order valence-electron chi connectivity index (χ3n) is 0.962. The normalized spacial score (nSPS) is 13.6. The van der Waals surface area contributed by atoms with E-state index >= 15 is 0 Å². The van der Waals surface area contributed by atoms with Gasteiger partial charge in [0, 0.05) is 6.42 Å². The van der Waals surface area contributed by atoms with E-state index in [0.29, 0.717) is 6.42 Å². The van der Waals surface area contributed by atoms with E-state index in [4.69, 9.17) is 34.1 Å². The van der Waals surface area contributed by atoms with Crippen LogP contribution in [-0.4, -0.2) is 5.17 Å². The Labute approximate surface area is 80.9 Å². The highest BCUT2D eigenvalue weighted by atomic mass is 35.9. The van der Waals surface area contributed by atoms with E-state index in [2.05, 4.69) is 4.76 Å². The standard InChI is InChI=1S/C5H9Cl3NOP/c1-2-3-4-5(6)9-11(7,8)10/h2-4H2,1H3/b9-5-. The third-order valence-corrected chi connectivity index (χ3v) is 2.28. The molecule has 0 rings (SSSR count). The zero-order valence-corrected chi connectivity index (χ0v) is 9.22. The summed E-state index contributed by atoms with van der Waals surface area (Å²) >= 11 is 15.9. The zero-order chi connectivity index (χ0) is 8.91. The SMILES string of the molecule is CCCC/C(Cl)=N/P(=O)(Cl)Cl. The molecule has 6 heteroatoms. The van der Waals surface area contributed by atoms with Gasteiger partial charge in [0.05, 0.1) is 0 Å². The highest BCUT2D eigenvalue weighted by Crippen LogP contribution is 2.58. The van der Waals surface area contributed by atoms with Crippen LogP contribution in [0.1, 0.15) is 26.2 Å². The van der Waals surface area contributed by atoms with E-state index in [9.17, 15) is 4.57 Å². The monoisotopic (exact) mass is 235 g/mol. The molecule has 11 heavy (non-hydrogen) atoms.